The van der Waals surface area contributed by atoms with Crippen molar-refractivity contribution in [2.75, 3.05) is 31.2 Å². The molecule has 1 aliphatic heterocycles. The van der Waals surface area contributed by atoms with E-state index in [2.05, 4.69) is 31.2 Å². The number of hydrogen-bond acceptors (Lipinski definition) is 7. The molecule has 8 nitrogen and oxygen atoms in total. The van der Waals surface area contributed by atoms with Gasteiger partial charge in [0.05, 0.1) is 23.8 Å². The Hall–Kier alpha value is -1.53. The molecular formula is C16H19BrN4O4S2. The molecule has 3 rings (SSSR count). The molecule has 2 N–H and O–H groups in total. The third-order valence-corrected chi connectivity index (χ3v) is 7.36. The number of nitrogens with zero attached hydrogens (tertiary/aromatic N) is 2. The molecule has 2 aromatic rings. The summed E-state index contributed by atoms with van der Waals surface area (Å²) in [6, 6.07) is 4.63. The number of anilines is 1. The highest BCUT2D eigenvalue weighted by atomic mass is 79.9. The lowest BCUT2D eigenvalue weighted by atomic mass is 10.2. The van der Waals surface area contributed by atoms with Gasteiger partial charge in [-0.2, -0.15) is 0 Å². The van der Waals surface area contributed by atoms with Gasteiger partial charge < -0.3 is 9.64 Å². The zero-order valence-corrected chi connectivity index (χ0v) is 18.0. The number of nitrogens with one attached hydrogen (secondary N) is 2. The predicted molar refractivity (Wildman–Crippen MR) is 107 cm³/mol. The number of benzene rings is 1. The van der Waals surface area contributed by atoms with Crippen LogP contribution in [0.4, 0.5) is 5.13 Å². The van der Waals surface area contributed by atoms with Gasteiger partial charge in [0, 0.05) is 17.6 Å². The number of rotatable bonds is 5. The molecule has 0 unspecified atom stereocenters. The number of hydrazine groups is 1. The van der Waals surface area contributed by atoms with E-state index in [4.69, 9.17) is 4.74 Å². The van der Waals surface area contributed by atoms with Crippen LogP contribution in [0, 0.1) is 13.8 Å². The average Bonchev–Trinajstić information content (AvgIpc) is 3.04. The van der Waals surface area contributed by atoms with Crippen molar-refractivity contribution < 1.29 is 17.9 Å². The smallest absolute Gasteiger partial charge is 0.278 e. The van der Waals surface area contributed by atoms with E-state index >= 15 is 0 Å². The van der Waals surface area contributed by atoms with Gasteiger partial charge >= 0.3 is 0 Å². The summed E-state index contributed by atoms with van der Waals surface area (Å²) in [5.74, 6) is -0.540. The summed E-state index contributed by atoms with van der Waals surface area (Å²) >= 11 is 4.56. The van der Waals surface area contributed by atoms with Gasteiger partial charge in [0.15, 0.2) is 5.13 Å². The minimum atomic E-state index is -3.87. The van der Waals surface area contributed by atoms with Gasteiger partial charge in [-0.25, -0.2) is 13.4 Å². The van der Waals surface area contributed by atoms with E-state index in [0.29, 0.717) is 36.9 Å². The number of ether oxygens (including phenoxy) is 1. The van der Waals surface area contributed by atoms with Crippen LogP contribution < -0.4 is 15.2 Å². The number of aryl methyl sites for hydroxylation is 2. The first-order valence-electron chi connectivity index (χ1n) is 8.16. The van der Waals surface area contributed by atoms with Crippen molar-refractivity contribution in [3.63, 3.8) is 0 Å². The molecule has 0 atom stereocenters. The SMILES string of the molecule is Cc1cc(S(=O)(=O)NNC(=O)c2sc(N3CCOCC3)nc2C)ccc1Br. The van der Waals surface area contributed by atoms with Gasteiger partial charge in [-0.1, -0.05) is 27.3 Å². The van der Waals surface area contributed by atoms with Crippen molar-refractivity contribution in [2.24, 2.45) is 0 Å². The molecule has 1 aromatic heterocycles. The molecule has 0 spiro atoms. The minimum absolute atomic E-state index is 0.0681. The molecule has 1 amide bonds. The maximum absolute atomic E-state index is 12.4. The van der Waals surface area contributed by atoms with Crippen LogP contribution in [-0.2, 0) is 14.8 Å². The van der Waals surface area contributed by atoms with Crippen molar-refractivity contribution in [2.45, 2.75) is 18.7 Å². The lowest BCUT2D eigenvalue weighted by Crippen LogP contribution is -2.41. The van der Waals surface area contributed by atoms with Crippen LogP contribution in [0.25, 0.3) is 0 Å². The third kappa shape index (κ3) is 4.66. The van der Waals surface area contributed by atoms with Crippen LogP contribution in [0.2, 0.25) is 0 Å². The van der Waals surface area contributed by atoms with E-state index in [9.17, 15) is 13.2 Å². The standard InChI is InChI=1S/C16H19BrN4O4S2/c1-10-9-12(3-4-13(10)17)27(23,24)20-19-15(22)14-11(2)18-16(26-14)21-5-7-25-8-6-21/h3-4,9,20H,5-8H2,1-2H3,(H,19,22). The quantitative estimate of drug-likeness (QED) is 0.642. The summed E-state index contributed by atoms with van der Waals surface area (Å²) < 4.78 is 30.9. The van der Waals surface area contributed by atoms with Crippen LogP contribution >= 0.6 is 27.3 Å². The zero-order chi connectivity index (χ0) is 19.6. The zero-order valence-electron chi connectivity index (χ0n) is 14.8. The fourth-order valence-electron chi connectivity index (χ4n) is 2.50. The van der Waals surface area contributed by atoms with Crippen molar-refractivity contribution in [3.05, 3.63) is 38.8 Å². The highest BCUT2D eigenvalue weighted by molar-refractivity contribution is 9.10. The normalized spacial score (nSPS) is 15.0. The van der Waals surface area contributed by atoms with Gasteiger partial charge in [-0.05, 0) is 37.6 Å². The number of carbonyl (C=O) groups excluding carboxylic acids is 1. The Balaban J connectivity index is 1.70. The summed E-state index contributed by atoms with van der Waals surface area (Å²) in [5, 5.41) is 0.729. The first kappa shape index (κ1) is 20.2. The number of hydrogen-bond donors (Lipinski definition) is 2. The van der Waals surface area contributed by atoms with Crippen molar-refractivity contribution in [1.82, 2.24) is 15.2 Å². The van der Waals surface area contributed by atoms with Crippen molar-refractivity contribution in [1.29, 1.82) is 0 Å². The first-order valence-corrected chi connectivity index (χ1v) is 11.3. The Kier molecular flexibility index (Phi) is 6.16. The van der Waals surface area contributed by atoms with Gasteiger partial charge in [0.2, 0.25) is 0 Å². The van der Waals surface area contributed by atoms with E-state index in [0.717, 1.165) is 15.2 Å². The Labute approximate surface area is 170 Å². The molecule has 1 aromatic carbocycles. The summed E-state index contributed by atoms with van der Waals surface area (Å²) in [7, 11) is -3.87. The van der Waals surface area contributed by atoms with Gasteiger partial charge in [-0.3, -0.25) is 10.2 Å². The highest BCUT2D eigenvalue weighted by Gasteiger charge is 2.22. The van der Waals surface area contributed by atoms with Crippen molar-refractivity contribution in [3.8, 4) is 0 Å². The summed E-state index contributed by atoms with van der Waals surface area (Å²) in [5.41, 5.74) is 3.60. The topological polar surface area (TPSA) is 101 Å². The molecule has 0 saturated carbocycles. The lowest BCUT2D eigenvalue weighted by Gasteiger charge is -2.25. The summed E-state index contributed by atoms with van der Waals surface area (Å²) in [6.07, 6.45) is 0. The monoisotopic (exact) mass is 474 g/mol. The molecule has 0 radical (unpaired) electrons. The fourth-order valence-corrected chi connectivity index (χ4v) is 4.68. The molecule has 1 fully saturated rings. The van der Waals surface area contributed by atoms with Gasteiger partial charge in [0.25, 0.3) is 15.9 Å². The van der Waals surface area contributed by atoms with E-state index in [1.54, 1.807) is 19.9 Å². The molecule has 1 saturated heterocycles. The van der Waals surface area contributed by atoms with Crippen LogP contribution in [0.3, 0.4) is 0 Å². The average molecular weight is 475 g/mol. The maximum Gasteiger partial charge on any atom is 0.278 e. The molecule has 2 heterocycles. The molecule has 0 bridgehead atoms. The van der Waals surface area contributed by atoms with Crippen LogP contribution in [0.15, 0.2) is 27.6 Å². The molecule has 0 aliphatic carbocycles. The van der Waals surface area contributed by atoms with Gasteiger partial charge in [-0.15, -0.1) is 4.83 Å². The number of halogens is 1. The summed E-state index contributed by atoms with van der Waals surface area (Å²) in [6.45, 7) is 6.17. The van der Waals surface area contributed by atoms with Gasteiger partial charge in [0.1, 0.15) is 4.88 Å². The largest absolute Gasteiger partial charge is 0.378 e. The second kappa shape index (κ2) is 8.23. The number of amides is 1. The van der Waals surface area contributed by atoms with Crippen LogP contribution in [0.1, 0.15) is 20.9 Å². The van der Waals surface area contributed by atoms with E-state index in [-0.39, 0.29) is 4.90 Å². The number of aromatic nitrogens is 1. The molecule has 146 valence electrons. The maximum atomic E-state index is 12.4. The Bertz CT molecular complexity index is 955. The molecule has 11 heteroatoms. The first-order chi connectivity index (χ1) is 12.8. The van der Waals surface area contributed by atoms with Crippen molar-refractivity contribution >= 4 is 48.3 Å². The van der Waals surface area contributed by atoms with E-state index in [1.807, 2.05) is 4.90 Å². The number of morpholine rings is 1. The number of thiazole rings is 1. The van der Waals surface area contributed by atoms with Crippen LogP contribution in [-0.4, -0.2) is 45.6 Å². The second-order valence-electron chi connectivity index (χ2n) is 5.98. The Morgan fingerprint density at radius 1 is 1.30 bits per heavy atom. The van der Waals surface area contributed by atoms with E-state index < -0.39 is 15.9 Å². The van der Waals surface area contributed by atoms with E-state index in [1.165, 1.54) is 23.5 Å². The van der Waals surface area contributed by atoms with Crippen LogP contribution in [0.5, 0.6) is 0 Å². The number of carbonyl (C=O) groups is 1. The number of sulfonamides is 1. The molecular weight excluding hydrogens is 456 g/mol. The lowest BCUT2D eigenvalue weighted by molar-refractivity contribution is 0.0948. The predicted octanol–water partition coefficient (Wildman–Crippen LogP) is 1.98. The fraction of sp³-hybridized carbons (Fsp3) is 0.375. The second-order valence-corrected chi connectivity index (χ2v) is 9.50. The third-order valence-electron chi connectivity index (χ3n) is 4.01. The Morgan fingerprint density at radius 3 is 2.67 bits per heavy atom. The summed E-state index contributed by atoms with van der Waals surface area (Å²) in [4.78, 5) is 21.5. The highest BCUT2D eigenvalue weighted by Crippen LogP contribution is 2.26. The molecule has 1 aliphatic rings. The Morgan fingerprint density at radius 2 is 2.00 bits per heavy atom. The molecule has 27 heavy (non-hydrogen) atoms. The minimum Gasteiger partial charge on any atom is -0.378 e.